The molecule has 1 heterocycles. The smallest absolute Gasteiger partial charge is 0.343 e. The number of oxazole rings is 1. The van der Waals surface area contributed by atoms with Gasteiger partial charge in [0.15, 0.2) is 12.0 Å². The van der Waals surface area contributed by atoms with Crippen LogP contribution in [0.3, 0.4) is 0 Å². The SMILES string of the molecule is O=C(Oc1ccc2ocnc2c1)c1ccc(OCc2ccccc2)cc1. The second kappa shape index (κ2) is 7.11. The third-order valence-corrected chi connectivity index (χ3v) is 3.85. The monoisotopic (exact) mass is 345 g/mol. The molecule has 1 aromatic heterocycles. The number of esters is 1. The zero-order valence-electron chi connectivity index (χ0n) is 13.8. The van der Waals surface area contributed by atoms with Gasteiger partial charge in [0.25, 0.3) is 0 Å². The van der Waals surface area contributed by atoms with Gasteiger partial charge in [0.1, 0.15) is 23.6 Å². The molecule has 0 atom stereocenters. The maximum atomic E-state index is 12.3. The molecule has 0 spiro atoms. The van der Waals surface area contributed by atoms with Crippen LogP contribution in [-0.4, -0.2) is 11.0 Å². The summed E-state index contributed by atoms with van der Waals surface area (Å²) in [4.78, 5) is 16.3. The summed E-state index contributed by atoms with van der Waals surface area (Å²) < 4.78 is 16.3. The highest BCUT2D eigenvalue weighted by Crippen LogP contribution is 2.21. The first-order valence-electron chi connectivity index (χ1n) is 8.10. The third-order valence-electron chi connectivity index (χ3n) is 3.85. The van der Waals surface area contributed by atoms with Gasteiger partial charge in [0.05, 0.1) is 5.56 Å². The van der Waals surface area contributed by atoms with Crippen LogP contribution in [0.2, 0.25) is 0 Å². The van der Waals surface area contributed by atoms with E-state index in [0.29, 0.717) is 34.8 Å². The van der Waals surface area contributed by atoms with Gasteiger partial charge >= 0.3 is 5.97 Å². The molecule has 26 heavy (non-hydrogen) atoms. The number of fused-ring (bicyclic) bond motifs is 1. The van der Waals surface area contributed by atoms with E-state index in [9.17, 15) is 4.79 Å². The molecule has 0 saturated carbocycles. The number of nitrogens with zero attached hydrogens (tertiary/aromatic N) is 1. The second-order valence-electron chi connectivity index (χ2n) is 5.67. The Bertz CT molecular complexity index is 1020. The zero-order chi connectivity index (χ0) is 17.8. The quantitative estimate of drug-likeness (QED) is 0.390. The Morgan fingerprint density at radius 3 is 2.50 bits per heavy atom. The molecular weight excluding hydrogens is 330 g/mol. The molecule has 4 rings (SSSR count). The molecule has 128 valence electrons. The highest BCUT2D eigenvalue weighted by atomic mass is 16.5. The maximum Gasteiger partial charge on any atom is 0.343 e. The first-order valence-corrected chi connectivity index (χ1v) is 8.10. The van der Waals surface area contributed by atoms with E-state index in [1.807, 2.05) is 30.3 Å². The lowest BCUT2D eigenvalue weighted by Gasteiger charge is -2.07. The van der Waals surface area contributed by atoms with E-state index < -0.39 is 5.97 Å². The Morgan fingerprint density at radius 2 is 1.69 bits per heavy atom. The van der Waals surface area contributed by atoms with Crippen LogP contribution in [0.4, 0.5) is 0 Å². The van der Waals surface area contributed by atoms with E-state index in [0.717, 1.165) is 5.56 Å². The number of benzene rings is 3. The van der Waals surface area contributed by atoms with Crippen molar-refractivity contribution in [3.05, 3.63) is 90.3 Å². The topological polar surface area (TPSA) is 61.6 Å². The average molecular weight is 345 g/mol. The van der Waals surface area contributed by atoms with Gasteiger partial charge in [-0.3, -0.25) is 0 Å². The molecule has 0 fully saturated rings. The summed E-state index contributed by atoms with van der Waals surface area (Å²) in [5, 5.41) is 0. The number of aromatic nitrogens is 1. The van der Waals surface area contributed by atoms with E-state index in [-0.39, 0.29) is 0 Å². The van der Waals surface area contributed by atoms with Crippen LogP contribution in [0.1, 0.15) is 15.9 Å². The van der Waals surface area contributed by atoms with Crippen molar-refractivity contribution in [2.75, 3.05) is 0 Å². The predicted molar refractivity (Wildman–Crippen MR) is 96.2 cm³/mol. The van der Waals surface area contributed by atoms with E-state index in [4.69, 9.17) is 13.9 Å². The van der Waals surface area contributed by atoms with Crippen LogP contribution in [0.5, 0.6) is 11.5 Å². The van der Waals surface area contributed by atoms with Gasteiger partial charge in [0, 0.05) is 6.07 Å². The summed E-state index contributed by atoms with van der Waals surface area (Å²) >= 11 is 0. The first kappa shape index (κ1) is 15.9. The summed E-state index contributed by atoms with van der Waals surface area (Å²) in [5.74, 6) is 0.665. The number of rotatable bonds is 5. The minimum atomic E-state index is -0.442. The molecule has 0 aliphatic carbocycles. The summed E-state index contributed by atoms with van der Waals surface area (Å²) in [6.07, 6.45) is 1.35. The van der Waals surface area contributed by atoms with Crippen molar-refractivity contribution in [3.8, 4) is 11.5 Å². The number of carbonyl (C=O) groups is 1. The molecule has 0 unspecified atom stereocenters. The van der Waals surface area contributed by atoms with Crippen molar-refractivity contribution in [2.45, 2.75) is 6.61 Å². The predicted octanol–water partition coefficient (Wildman–Crippen LogP) is 4.63. The van der Waals surface area contributed by atoms with E-state index in [1.54, 1.807) is 42.5 Å². The number of hydrogen-bond donors (Lipinski definition) is 0. The fraction of sp³-hybridized carbons (Fsp3) is 0.0476. The molecular formula is C21H15NO4. The van der Waals surface area contributed by atoms with Crippen molar-refractivity contribution in [1.82, 2.24) is 4.98 Å². The molecule has 0 aliphatic heterocycles. The molecule has 0 N–H and O–H groups in total. The lowest BCUT2D eigenvalue weighted by atomic mass is 10.2. The van der Waals surface area contributed by atoms with Crippen LogP contribution in [0, 0.1) is 0 Å². The van der Waals surface area contributed by atoms with Gasteiger partial charge in [-0.1, -0.05) is 30.3 Å². The van der Waals surface area contributed by atoms with Gasteiger partial charge in [-0.15, -0.1) is 0 Å². The molecule has 4 aromatic rings. The average Bonchev–Trinajstić information content (AvgIpc) is 3.15. The first-order chi connectivity index (χ1) is 12.8. The van der Waals surface area contributed by atoms with Crippen molar-refractivity contribution < 1.29 is 18.7 Å². The van der Waals surface area contributed by atoms with E-state index >= 15 is 0 Å². The Kier molecular flexibility index (Phi) is 4.35. The molecule has 5 heteroatoms. The van der Waals surface area contributed by atoms with Crippen molar-refractivity contribution >= 4 is 17.1 Å². The zero-order valence-corrected chi connectivity index (χ0v) is 13.8. The molecule has 0 amide bonds. The molecule has 0 saturated heterocycles. The molecule has 0 bridgehead atoms. The Morgan fingerprint density at radius 1 is 0.923 bits per heavy atom. The molecule has 5 nitrogen and oxygen atoms in total. The summed E-state index contributed by atoms with van der Waals surface area (Å²) in [6.45, 7) is 0.475. The van der Waals surface area contributed by atoms with Crippen LogP contribution in [0.15, 0.2) is 83.6 Å². The van der Waals surface area contributed by atoms with E-state index in [1.165, 1.54) is 6.39 Å². The standard InChI is InChI=1S/C21H15NO4/c23-21(26-18-10-11-20-19(12-18)22-14-25-20)16-6-8-17(9-7-16)24-13-15-4-2-1-3-5-15/h1-12,14H,13H2. The molecule has 3 aromatic carbocycles. The normalized spacial score (nSPS) is 10.6. The van der Waals surface area contributed by atoms with Gasteiger partial charge in [-0.05, 0) is 42.0 Å². The second-order valence-corrected chi connectivity index (χ2v) is 5.67. The van der Waals surface area contributed by atoms with Crippen molar-refractivity contribution in [3.63, 3.8) is 0 Å². The van der Waals surface area contributed by atoms with Gasteiger partial charge in [0.2, 0.25) is 0 Å². The number of ether oxygens (including phenoxy) is 2. The highest BCUT2D eigenvalue weighted by Gasteiger charge is 2.10. The fourth-order valence-electron chi connectivity index (χ4n) is 2.50. The Balaban J connectivity index is 1.40. The molecule has 0 aliphatic rings. The van der Waals surface area contributed by atoms with Crippen molar-refractivity contribution in [1.29, 1.82) is 0 Å². The minimum absolute atomic E-state index is 0.417. The fourth-order valence-corrected chi connectivity index (χ4v) is 2.50. The van der Waals surface area contributed by atoms with Gasteiger partial charge in [-0.2, -0.15) is 0 Å². The largest absolute Gasteiger partial charge is 0.489 e. The highest BCUT2D eigenvalue weighted by molar-refractivity contribution is 5.91. The lowest BCUT2D eigenvalue weighted by molar-refractivity contribution is 0.0735. The van der Waals surface area contributed by atoms with Crippen LogP contribution < -0.4 is 9.47 Å². The number of carbonyl (C=O) groups excluding carboxylic acids is 1. The summed E-state index contributed by atoms with van der Waals surface area (Å²) in [6, 6.07) is 21.8. The molecule has 0 radical (unpaired) electrons. The van der Waals surface area contributed by atoms with Crippen molar-refractivity contribution in [2.24, 2.45) is 0 Å². The minimum Gasteiger partial charge on any atom is -0.489 e. The summed E-state index contributed by atoms with van der Waals surface area (Å²) in [5.41, 5.74) is 2.81. The van der Waals surface area contributed by atoms with Crippen LogP contribution in [0.25, 0.3) is 11.1 Å². The van der Waals surface area contributed by atoms with Crippen LogP contribution in [-0.2, 0) is 6.61 Å². The summed E-state index contributed by atoms with van der Waals surface area (Å²) in [7, 11) is 0. The maximum absolute atomic E-state index is 12.3. The lowest BCUT2D eigenvalue weighted by Crippen LogP contribution is -2.08. The number of hydrogen-bond acceptors (Lipinski definition) is 5. The third kappa shape index (κ3) is 3.57. The van der Waals surface area contributed by atoms with Crippen LogP contribution >= 0.6 is 0 Å². The Hall–Kier alpha value is -3.60. The Labute approximate surface area is 149 Å². The van der Waals surface area contributed by atoms with Gasteiger partial charge in [-0.25, -0.2) is 9.78 Å². The van der Waals surface area contributed by atoms with Gasteiger partial charge < -0.3 is 13.9 Å². The van der Waals surface area contributed by atoms with E-state index in [2.05, 4.69) is 4.98 Å².